The predicted molar refractivity (Wildman–Crippen MR) is 49.3 cm³/mol. The molecule has 0 aliphatic heterocycles. The first-order valence-electron chi connectivity index (χ1n) is 4.38. The fourth-order valence-electron chi connectivity index (χ4n) is 1.60. The second-order valence-corrected chi connectivity index (χ2v) is 3.19. The Morgan fingerprint density at radius 1 is 1.55 bits per heavy atom. The zero-order valence-electron chi connectivity index (χ0n) is 7.43. The molecule has 0 saturated heterocycles. The van der Waals surface area contributed by atoms with Crippen molar-refractivity contribution in [2.75, 3.05) is 0 Å². The summed E-state index contributed by atoms with van der Waals surface area (Å²) in [4.78, 5) is 0. The van der Waals surface area contributed by atoms with Crippen molar-refractivity contribution < 1.29 is 0 Å². The van der Waals surface area contributed by atoms with E-state index in [0.717, 1.165) is 19.3 Å². The lowest BCUT2D eigenvalue weighted by molar-refractivity contribution is 0.470. The van der Waals surface area contributed by atoms with E-state index < -0.39 is 0 Å². The molecule has 1 aliphatic rings. The smallest absolute Gasteiger partial charge is 0.0404 e. The molecule has 0 spiro atoms. The third-order valence-corrected chi connectivity index (χ3v) is 2.57. The summed E-state index contributed by atoms with van der Waals surface area (Å²) in [7, 11) is 0. The summed E-state index contributed by atoms with van der Waals surface area (Å²) in [5, 5.41) is 0. The van der Waals surface area contributed by atoms with Crippen molar-refractivity contribution in [1.29, 1.82) is 0 Å². The molecule has 0 aromatic rings. The quantitative estimate of drug-likeness (QED) is 0.644. The van der Waals surface area contributed by atoms with Crippen LogP contribution in [0.2, 0.25) is 0 Å². The summed E-state index contributed by atoms with van der Waals surface area (Å²) in [6.45, 7) is 4.32. The highest BCUT2D eigenvalue weighted by molar-refractivity contribution is 5.29. The maximum absolute atomic E-state index is 6.19. The van der Waals surface area contributed by atoms with Gasteiger partial charge in [0.2, 0.25) is 0 Å². The normalized spacial score (nSPS) is 30.3. The van der Waals surface area contributed by atoms with Gasteiger partial charge in [0.1, 0.15) is 0 Å². The SMILES string of the molecule is CCC1=CC=CCC1(N)CC. The van der Waals surface area contributed by atoms with Crippen molar-refractivity contribution in [3.63, 3.8) is 0 Å². The molecule has 11 heavy (non-hydrogen) atoms. The molecule has 0 bridgehead atoms. The van der Waals surface area contributed by atoms with Crippen LogP contribution in [0.1, 0.15) is 33.1 Å². The number of nitrogens with two attached hydrogens (primary N) is 1. The van der Waals surface area contributed by atoms with Gasteiger partial charge in [-0.1, -0.05) is 37.6 Å². The first-order chi connectivity index (χ1) is 5.23. The van der Waals surface area contributed by atoms with Crippen LogP contribution in [-0.2, 0) is 0 Å². The summed E-state index contributed by atoms with van der Waals surface area (Å²) >= 11 is 0. The van der Waals surface area contributed by atoms with Gasteiger partial charge < -0.3 is 5.73 Å². The van der Waals surface area contributed by atoms with Gasteiger partial charge in [-0.05, 0) is 19.3 Å². The van der Waals surface area contributed by atoms with E-state index in [9.17, 15) is 0 Å². The second kappa shape index (κ2) is 3.22. The number of allylic oxidation sites excluding steroid dienone is 2. The first-order valence-corrected chi connectivity index (χ1v) is 4.38. The van der Waals surface area contributed by atoms with Crippen LogP contribution in [0, 0.1) is 0 Å². The molecule has 1 heteroatoms. The molecule has 0 radical (unpaired) electrons. The molecule has 1 aliphatic carbocycles. The Bertz CT molecular complexity index is 191. The Morgan fingerprint density at radius 2 is 2.27 bits per heavy atom. The summed E-state index contributed by atoms with van der Waals surface area (Å²) in [6, 6.07) is 0. The van der Waals surface area contributed by atoms with E-state index >= 15 is 0 Å². The minimum Gasteiger partial charge on any atom is -0.321 e. The predicted octanol–water partition coefficient (Wildman–Crippen LogP) is 2.39. The van der Waals surface area contributed by atoms with E-state index in [1.807, 2.05) is 0 Å². The van der Waals surface area contributed by atoms with Crippen molar-refractivity contribution in [2.45, 2.75) is 38.6 Å². The first kappa shape index (κ1) is 8.54. The molecular weight excluding hydrogens is 134 g/mol. The maximum atomic E-state index is 6.19. The summed E-state index contributed by atoms with van der Waals surface area (Å²) in [6.07, 6.45) is 9.55. The Kier molecular flexibility index (Phi) is 2.50. The highest BCUT2D eigenvalue weighted by atomic mass is 14.7. The third kappa shape index (κ3) is 1.54. The lowest BCUT2D eigenvalue weighted by Crippen LogP contribution is -2.41. The van der Waals surface area contributed by atoms with E-state index in [1.165, 1.54) is 5.57 Å². The zero-order valence-corrected chi connectivity index (χ0v) is 7.43. The average Bonchev–Trinajstić information content (AvgIpc) is 2.05. The van der Waals surface area contributed by atoms with Gasteiger partial charge in [0, 0.05) is 5.54 Å². The fourth-order valence-corrected chi connectivity index (χ4v) is 1.60. The summed E-state index contributed by atoms with van der Waals surface area (Å²) in [5.74, 6) is 0. The number of rotatable bonds is 2. The topological polar surface area (TPSA) is 26.0 Å². The molecule has 62 valence electrons. The monoisotopic (exact) mass is 151 g/mol. The minimum atomic E-state index is -0.0382. The van der Waals surface area contributed by atoms with Gasteiger partial charge in [0.15, 0.2) is 0 Å². The van der Waals surface area contributed by atoms with Gasteiger partial charge >= 0.3 is 0 Å². The molecule has 0 aromatic heterocycles. The van der Waals surface area contributed by atoms with Crippen molar-refractivity contribution in [2.24, 2.45) is 5.73 Å². The van der Waals surface area contributed by atoms with Crippen LogP contribution in [0.15, 0.2) is 23.8 Å². The van der Waals surface area contributed by atoms with Gasteiger partial charge in [-0.3, -0.25) is 0 Å². The molecule has 0 saturated carbocycles. The molecule has 0 aromatic carbocycles. The highest BCUT2D eigenvalue weighted by Gasteiger charge is 2.25. The zero-order chi connectivity index (χ0) is 8.32. The van der Waals surface area contributed by atoms with Gasteiger partial charge in [0.25, 0.3) is 0 Å². The Labute approximate surface area is 69.0 Å². The number of hydrogen-bond acceptors (Lipinski definition) is 1. The molecule has 1 nitrogen and oxygen atoms in total. The highest BCUT2D eigenvalue weighted by Crippen LogP contribution is 2.27. The lowest BCUT2D eigenvalue weighted by atomic mass is 9.81. The third-order valence-electron chi connectivity index (χ3n) is 2.57. The Hall–Kier alpha value is -0.560. The standard InChI is InChI=1S/C10H17N/c1-3-9-7-5-6-8-10(9,11)4-2/h5-7H,3-4,8,11H2,1-2H3. The van der Waals surface area contributed by atoms with Crippen LogP contribution in [-0.4, -0.2) is 5.54 Å². The van der Waals surface area contributed by atoms with Crippen molar-refractivity contribution in [3.05, 3.63) is 23.8 Å². The molecule has 1 rings (SSSR count). The van der Waals surface area contributed by atoms with Gasteiger partial charge in [0.05, 0.1) is 0 Å². The lowest BCUT2D eigenvalue weighted by Gasteiger charge is -2.31. The molecule has 2 N–H and O–H groups in total. The fraction of sp³-hybridized carbons (Fsp3) is 0.600. The summed E-state index contributed by atoms with van der Waals surface area (Å²) in [5.41, 5.74) is 7.55. The van der Waals surface area contributed by atoms with Crippen molar-refractivity contribution in [3.8, 4) is 0 Å². The van der Waals surface area contributed by atoms with E-state index in [4.69, 9.17) is 5.73 Å². The Balaban J connectivity index is 2.82. The van der Waals surface area contributed by atoms with E-state index in [1.54, 1.807) is 0 Å². The van der Waals surface area contributed by atoms with E-state index in [2.05, 4.69) is 32.1 Å². The van der Waals surface area contributed by atoms with Crippen LogP contribution < -0.4 is 5.73 Å². The molecule has 1 unspecified atom stereocenters. The van der Waals surface area contributed by atoms with Crippen LogP contribution in [0.5, 0.6) is 0 Å². The minimum absolute atomic E-state index is 0.0382. The van der Waals surface area contributed by atoms with Gasteiger partial charge in [-0.25, -0.2) is 0 Å². The van der Waals surface area contributed by atoms with Gasteiger partial charge in [-0.2, -0.15) is 0 Å². The van der Waals surface area contributed by atoms with Crippen molar-refractivity contribution in [1.82, 2.24) is 0 Å². The van der Waals surface area contributed by atoms with Gasteiger partial charge in [-0.15, -0.1) is 0 Å². The van der Waals surface area contributed by atoms with Crippen LogP contribution >= 0.6 is 0 Å². The molecular formula is C10H17N. The summed E-state index contributed by atoms with van der Waals surface area (Å²) < 4.78 is 0. The molecule has 0 amide bonds. The van der Waals surface area contributed by atoms with Crippen molar-refractivity contribution >= 4 is 0 Å². The van der Waals surface area contributed by atoms with Crippen LogP contribution in [0.3, 0.4) is 0 Å². The van der Waals surface area contributed by atoms with Crippen LogP contribution in [0.4, 0.5) is 0 Å². The number of hydrogen-bond donors (Lipinski definition) is 1. The molecule has 1 atom stereocenters. The maximum Gasteiger partial charge on any atom is 0.0404 e. The Morgan fingerprint density at radius 3 is 2.73 bits per heavy atom. The average molecular weight is 151 g/mol. The molecule has 0 fully saturated rings. The largest absolute Gasteiger partial charge is 0.321 e. The second-order valence-electron chi connectivity index (χ2n) is 3.19. The van der Waals surface area contributed by atoms with E-state index in [0.29, 0.717) is 0 Å². The molecule has 0 heterocycles. The van der Waals surface area contributed by atoms with Crippen LogP contribution in [0.25, 0.3) is 0 Å². The van der Waals surface area contributed by atoms with E-state index in [-0.39, 0.29) is 5.54 Å².